The van der Waals surface area contributed by atoms with E-state index in [-0.39, 0.29) is 12.5 Å². The van der Waals surface area contributed by atoms with Gasteiger partial charge in [0.05, 0.1) is 6.67 Å². The van der Waals surface area contributed by atoms with Gasteiger partial charge in [0.15, 0.2) is 0 Å². The van der Waals surface area contributed by atoms with Gasteiger partial charge in [0, 0.05) is 0 Å². The molecule has 0 aliphatic heterocycles. The Balaban J connectivity index is 1.34. The minimum Gasteiger partial charge on any atom is -0.251 e. The fourth-order valence-electron chi connectivity index (χ4n) is 5.13. The lowest BCUT2D eigenvalue weighted by atomic mass is 9.68. The van der Waals surface area contributed by atoms with Gasteiger partial charge in [-0.05, 0) is 99.2 Å². The summed E-state index contributed by atoms with van der Waals surface area (Å²) in [5, 5.41) is 0. The maximum Gasteiger partial charge on any atom is 0.123 e. The van der Waals surface area contributed by atoms with E-state index in [2.05, 4.69) is 6.08 Å². The van der Waals surface area contributed by atoms with Crippen LogP contribution in [-0.2, 0) is 6.42 Å². The van der Waals surface area contributed by atoms with Gasteiger partial charge in [-0.2, -0.15) is 0 Å². The van der Waals surface area contributed by atoms with Crippen molar-refractivity contribution in [1.29, 1.82) is 0 Å². The van der Waals surface area contributed by atoms with Crippen molar-refractivity contribution < 1.29 is 8.78 Å². The van der Waals surface area contributed by atoms with Crippen LogP contribution in [0.25, 0.3) is 0 Å². The van der Waals surface area contributed by atoms with Crippen molar-refractivity contribution >= 4 is 0 Å². The Bertz CT molecular complexity index is 532. The lowest BCUT2D eigenvalue weighted by Crippen LogP contribution is -2.25. The van der Waals surface area contributed by atoms with E-state index in [4.69, 9.17) is 0 Å². The van der Waals surface area contributed by atoms with E-state index in [1.165, 1.54) is 63.4 Å². The number of hydrogen-bond acceptors (Lipinski definition) is 0. The monoisotopic (exact) mass is 360 g/mol. The maximum atomic E-state index is 13.0. The number of hydrogen-bond donors (Lipinski definition) is 0. The van der Waals surface area contributed by atoms with Crippen LogP contribution in [0.5, 0.6) is 0 Å². The molecule has 0 heterocycles. The zero-order valence-corrected chi connectivity index (χ0v) is 16.0. The highest BCUT2D eigenvalue weighted by Gasteiger charge is 2.30. The molecule has 0 unspecified atom stereocenters. The van der Waals surface area contributed by atoms with Crippen LogP contribution in [0.1, 0.15) is 69.8 Å². The molecule has 144 valence electrons. The van der Waals surface area contributed by atoms with Crippen molar-refractivity contribution in [1.82, 2.24) is 0 Å². The van der Waals surface area contributed by atoms with E-state index in [1.807, 2.05) is 18.2 Å². The molecule has 2 fully saturated rings. The number of allylic oxidation sites excluding steroid dienone is 2. The van der Waals surface area contributed by atoms with E-state index >= 15 is 0 Å². The van der Waals surface area contributed by atoms with Crippen molar-refractivity contribution in [2.75, 3.05) is 6.67 Å². The second-order valence-electron chi connectivity index (χ2n) is 8.53. The van der Waals surface area contributed by atoms with E-state index in [0.29, 0.717) is 12.3 Å². The number of aryl methyl sites for hydroxylation is 1. The molecule has 1 aromatic rings. The predicted molar refractivity (Wildman–Crippen MR) is 105 cm³/mol. The SMILES string of the molecule is FCCC=C[C@H]1CC[C@H]([C@H]2CC[C@H](CCc3ccc(F)cc3)CC2)CC1. The van der Waals surface area contributed by atoms with E-state index in [0.717, 1.165) is 24.2 Å². The summed E-state index contributed by atoms with van der Waals surface area (Å²) >= 11 is 0. The number of alkyl halides is 1. The Labute approximate surface area is 158 Å². The van der Waals surface area contributed by atoms with E-state index < -0.39 is 0 Å². The lowest BCUT2D eigenvalue weighted by Gasteiger charge is -2.37. The van der Waals surface area contributed by atoms with Crippen molar-refractivity contribution in [2.45, 2.75) is 70.6 Å². The Morgan fingerprint density at radius 1 is 0.846 bits per heavy atom. The average molecular weight is 361 g/mol. The minimum absolute atomic E-state index is 0.137. The lowest BCUT2D eigenvalue weighted by molar-refractivity contribution is 0.152. The maximum absolute atomic E-state index is 13.0. The van der Waals surface area contributed by atoms with Gasteiger partial charge in [-0.25, -0.2) is 4.39 Å². The molecule has 0 amide bonds. The van der Waals surface area contributed by atoms with Crippen molar-refractivity contribution in [3.63, 3.8) is 0 Å². The third-order valence-corrected chi connectivity index (χ3v) is 6.81. The summed E-state index contributed by atoms with van der Waals surface area (Å²) in [6, 6.07) is 7.02. The molecule has 2 saturated carbocycles. The molecule has 2 heteroatoms. The first-order valence-electron chi connectivity index (χ1n) is 10.7. The Kier molecular flexibility index (Phi) is 7.70. The van der Waals surface area contributed by atoms with Gasteiger partial charge < -0.3 is 0 Å². The quantitative estimate of drug-likeness (QED) is 0.448. The molecule has 0 atom stereocenters. The third-order valence-electron chi connectivity index (χ3n) is 6.81. The Hall–Kier alpha value is -1.18. The molecule has 0 N–H and O–H groups in total. The van der Waals surface area contributed by atoms with Crippen LogP contribution in [0, 0.1) is 29.5 Å². The van der Waals surface area contributed by atoms with Crippen LogP contribution >= 0.6 is 0 Å². The van der Waals surface area contributed by atoms with Gasteiger partial charge in [-0.15, -0.1) is 0 Å². The third kappa shape index (κ3) is 5.93. The highest BCUT2D eigenvalue weighted by atomic mass is 19.1. The number of rotatable bonds is 7. The molecule has 1 aromatic carbocycles. The summed E-state index contributed by atoms with van der Waals surface area (Å²) in [4.78, 5) is 0. The summed E-state index contributed by atoms with van der Waals surface area (Å²) in [5.74, 6) is 3.29. The molecule has 0 spiro atoms. The zero-order valence-electron chi connectivity index (χ0n) is 16.0. The molecule has 2 aliphatic rings. The predicted octanol–water partition coefficient (Wildman–Crippen LogP) is 7.29. The fraction of sp³-hybridized carbons (Fsp3) is 0.667. The molecule has 0 radical (unpaired) electrons. The van der Waals surface area contributed by atoms with Gasteiger partial charge in [0.25, 0.3) is 0 Å². The highest BCUT2D eigenvalue weighted by molar-refractivity contribution is 5.16. The summed E-state index contributed by atoms with van der Waals surface area (Å²) in [6.45, 7) is -0.226. The molecule has 0 bridgehead atoms. The molecule has 0 aromatic heterocycles. The molecule has 2 aliphatic carbocycles. The van der Waals surface area contributed by atoms with Crippen LogP contribution in [0.15, 0.2) is 36.4 Å². The molecular formula is C24H34F2. The zero-order chi connectivity index (χ0) is 18.2. The summed E-state index contributed by atoms with van der Waals surface area (Å²) < 4.78 is 25.2. The normalized spacial score (nSPS) is 29.9. The molecule has 3 rings (SSSR count). The standard InChI is InChI=1S/C24H34F2/c25-18-2-1-3-19-6-12-22(13-7-19)23-14-8-20(9-15-23)4-5-21-10-16-24(26)17-11-21/h1,3,10-11,16-17,19-20,22-23H,2,4-9,12-15,18H2/t19-,20-,22-,23-. The molecule has 26 heavy (non-hydrogen) atoms. The Morgan fingerprint density at radius 3 is 2.08 bits per heavy atom. The van der Waals surface area contributed by atoms with Crippen LogP contribution in [-0.4, -0.2) is 6.67 Å². The van der Waals surface area contributed by atoms with Gasteiger partial charge in [0.2, 0.25) is 0 Å². The highest BCUT2D eigenvalue weighted by Crippen LogP contribution is 2.42. The first-order chi connectivity index (χ1) is 12.7. The second-order valence-corrected chi connectivity index (χ2v) is 8.53. The summed E-state index contributed by atoms with van der Waals surface area (Å²) in [6.07, 6.45) is 18.1. The Morgan fingerprint density at radius 2 is 1.46 bits per heavy atom. The topological polar surface area (TPSA) is 0 Å². The summed E-state index contributed by atoms with van der Waals surface area (Å²) in [5.41, 5.74) is 1.27. The van der Waals surface area contributed by atoms with Gasteiger partial charge in [-0.3, -0.25) is 4.39 Å². The summed E-state index contributed by atoms with van der Waals surface area (Å²) in [7, 11) is 0. The van der Waals surface area contributed by atoms with Crippen molar-refractivity contribution in [3.05, 3.63) is 47.8 Å². The van der Waals surface area contributed by atoms with Crippen molar-refractivity contribution in [3.8, 4) is 0 Å². The van der Waals surface area contributed by atoms with Gasteiger partial charge in [0.1, 0.15) is 5.82 Å². The molecular weight excluding hydrogens is 326 g/mol. The second kappa shape index (κ2) is 10.2. The van der Waals surface area contributed by atoms with Gasteiger partial charge >= 0.3 is 0 Å². The van der Waals surface area contributed by atoms with E-state index in [1.54, 1.807) is 12.1 Å². The van der Waals surface area contributed by atoms with E-state index in [9.17, 15) is 8.78 Å². The largest absolute Gasteiger partial charge is 0.251 e. The first-order valence-corrected chi connectivity index (χ1v) is 10.7. The van der Waals surface area contributed by atoms with Crippen LogP contribution in [0.3, 0.4) is 0 Å². The number of halogens is 2. The van der Waals surface area contributed by atoms with Crippen LogP contribution in [0.2, 0.25) is 0 Å². The minimum atomic E-state index is -0.226. The smallest absolute Gasteiger partial charge is 0.123 e. The number of benzene rings is 1. The fourth-order valence-corrected chi connectivity index (χ4v) is 5.13. The van der Waals surface area contributed by atoms with Crippen LogP contribution in [0.4, 0.5) is 8.78 Å². The van der Waals surface area contributed by atoms with Crippen LogP contribution < -0.4 is 0 Å². The first kappa shape index (κ1) is 19.6. The molecule has 0 nitrogen and oxygen atoms in total. The van der Waals surface area contributed by atoms with Gasteiger partial charge in [-0.1, -0.05) is 37.1 Å². The van der Waals surface area contributed by atoms with Crippen molar-refractivity contribution in [2.24, 2.45) is 23.7 Å². The average Bonchev–Trinajstić information content (AvgIpc) is 2.69. The molecule has 0 saturated heterocycles.